The SMILES string of the molecule is CC(COC1(CBr)CCCCC1)C1CCC1. The predicted molar refractivity (Wildman–Crippen MR) is 72.1 cm³/mol. The molecule has 0 aromatic carbocycles. The Balaban J connectivity index is 1.76. The van der Waals surface area contributed by atoms with Crippen molar-refractivity contribution in [2.24, 2.45) is 11.8 Å². The second-order valence-corrected chi connectivity index (χ2v) is 6.42. The lowest BCUT2D eigenvalue weighted by atomic mass is 9.77. The minimum Gasteiger partial charge on any atom is -0.374 e. The molecule has 0 bridgehead atoms. The second-order valence-electron chi connectivity index (χ2n) is 5.86. The Kier molecular flexibility index (Phi) is 4.72. The van der Waals surface area contributed by atoms with Crippen molar-refractivity contribution in [2.75, 3.05) is 11.9 Å². The Labute approximate surface area is 108 Å². The third kappa shape index (κ3) is 3.01. The van der Waals surface area contributed by atoms with Gasteiger partial charge in [-0.1, -0.05) is 61.4 Å². The van der Waals surface area contributed by atoms with E-state index in [0.29, 0.717) is 0 Å². The first-order valence-electron chi connectivity index (χ1n) is 6.96. The fraction of sp³-hybridized carbons (Fsp3) is 1.00. The molecule has 2 aliphatic carbocycles. The van der Waals surface area contributed by atoms with Crippen LogP contribution in [0.2, 0.25) is 0 Å². The minimum atomic E-state index is 0.177. The van der Waals surface area contributed by atoms with Gasteiger partial charge < -0.3 is 4.74 Å². The zero-order valence-corrected chi connectivity index (χ0v) is 12.1. The molecule has 0 radical (unpaired) electrons. The maximum absolute atomic E-state index is 6.29. The summed E-state index contributed by atoms with van der Waals surface area (Å²) in [5, 5.41) is 1.03. The maximum Gasteiger partial charge on any atom is 0.0779 e. The molecule has 2 aliphatic rings. The quantitative estimate of drug-likeness (QED) is 0.675. The second kappa shape index (κ2) is 5.86. The zero-order valence-electron chi connectivity index (χ0n) is 10.5. The van der Waals surface area contributed by atoms with Crippen molar-refractivity contribution in [1.82, 2.24) is 0 Å². The van der Waals surface area contributed by atoms with E-state index < -0.39 is 0 Å². The standard InChI is InChI=1S/C14H25BrO/c1-12(13-6-5-7-13)10-16-14(11-15)8-3-2-4-9-14/h12-13H,2-11H2,1H3. The largest absolute Gasteiger partial charge is 0.374 e. The van der Waals surface area contributed by atoms with E-state index in [9.17, 15) is 0 Å². The molecule has 0 spiro atoms. The molecule has 2 fully saturated rings. The highest BCUT2D eigenvalue weighted by Crippen LogP contribution is 2.37. The van der Waals surface area contributed by atoms with Gasteiger partial charge in [0.25, 0.3) is 0 Å². The Morgan fingerprint density at radius 3 is 2.38 bits per heavy atom. The summed E-state index contributed by atoms with van der Waals surface area (Å²) in [6.45, 7) is 3.35. The summed E-state index contributed by atoms with van der Waals surface area (Å²) >= 11 is 3.66. The van der Waals surface area contributed by atoms with Crippen molar-refractivity contribution >= 4 is 15.9 Å². The van der Waals surface area contributed by atoms with Crippen LogP contribution in [0.5, 0.6) is 0 Å². The molecule has 94 valence electrons. The van der Waals surface area contributed by atoms with Crippen LogP contribution in [0.1, 0.15) is 58.3 Å². The molecular weight excluding hydrogens is 264 g/mol. The number of hydrogen-bond acceptors (Lipinski definition) is 1. The van der Waals surface area contributed by atoms with Crippen LogP contribution in [-0.4, -0.2) is 17.5 Å². The summed E-state index contributed by atoms with van der Waals surface area (Å²) in [5.74, 6) is 1.72. The molecule has 0 saturated heterocycles. The van der Waals surface area contributed by atoms with Crippen molar-refractivity contribution in [1.29, 1.82) is 0 Å². The number of halogens is 1. The van der Waals surface area contributed by atoms with Crippen molar-refractivity contribution in [3.8, 4) is 0 Å². The summed E-state index contributed by atoms with van der Waals surface area (Å²) in [7, 11) is 0. The lowest BCUT2D eigenvalue weighted by Gasteiger charge is -2.39. The van der Waals surface area contributed by atoms with Gasteiger partial charge in [0.15, 0.2) is 0 Å². The molecule has 16 heavy (non-hydrogen) atoms. The van der Waals surface area contributed by atoms with Gasteiger partial charge in [-0.25, -0.2) is 0 Å². The van der Waals surface area contributed by atoms with E-state index in [1.54, 1.807) is 0 Å². The average molecular weight is 289 g/mol. The van der Waals surface area contributed by atoms with Crippen LogP contribution in [0.4, 0.5) is 0 Å². The van der Waals surface area contributed by atoms with E-state index in [1.165, 1.54) is 51.4 Å². The monoisotopic (exact) mass is 288 g/mol. The third-order valence-electron chi connectivity index (χ3n) is 4.62. The number of hydrogen-bond donors (Lipinski definition) is 0. The predicted octanol–water partition coefficient (Wildman–Crippen LogP) is 4.54. The number of alkyl halides is 1. The summed E-state index contributed by atoms with van der Waals surface area (Å²) in [6, 6.07) is 0. The Morgan fingerprint density at radius 1 is 1.19 bits per heavy atom. The van der Waals surface area contributed by atoms with E-state index in [0.717, 1.165) is 23.8 Å². The van der Waals surface area contributed by atoms with Gasteiger partial charge in [-0.05, 0) is 24.7 Å². The smallest absolute Gasteiger partial charge is 0.0779 e. The highest BCUT2D eigenvalue weighted by molar-refractivity contribution is 9.09. The molecule has 1 nitrogen and oxygen atoms in total. The zero-order chi connectivity index (χ0) is 11.4. The molecule has 0 aliphatic heterocycles. The summed E-state index contributed by atoms with van der Waals surface area (Å²) in [6.07, 6.45) is 10.9. The van der Waals surface area contributed by atoms with E-state index in [1.807, 2.05) is 0 Å². The van der Waals surface area contributed by atoms with E-state index in [-0.39, 0.29) is 5.60 Å². The van der Waals surface area contributed by atoms with Gasteiger partial charge in [-0.15, -0.1) is 0 Å². The normalized spacial score (nSPS) is 27.4. The topological polar surface area (TPSA) is 9.23 Å². The fourth-order valence-corrected chi connectivity index (χ4v) is 3.69. The van der Waals surface area contributed by atoms with Gasteiger partial charge in [0.2, 0.25) is 0 Å². The van der Waals surface area contributed by atoms with Crippen LogP contribution in [-0.2, 0) is 4.74 Å². The Hall–Kier alpha value is 0.440. The lowest BCUT2D eigenvalue weighted by Crippen LogP contribution is -2.39. The molecule has 0 aromatic rings. The van der Waals surface area contributed by atoms with Crippen molar-refractivity contribution in [3.05, 3.63) is 0 Å². The van der Waals surface area contributed by atoms with Crippen LogP contribution >= 0.6 is 15.9 Å². The number of rotatable bonds is 5. The summed E-state index contributed by atoms with van der Waals surface area (Å²) in [5.41, 5.74) is 0.177. The molecule has 2 rings (SSSR count). The Bertz CT molecular complexity index is 207. The maximum atomic E-state index is 6.29. The van der Waals surface area contributed by atoms with E-state index in [4.69, 9.17) is 4.74 Å². The average Bonchev–Trinajstić information content (AvgIpc) is 2.25. The van der Waals surface area contributed by atoms with Crippen LogP contribution in [0, 0.1) is 11.8 Å². The molecule has 2 saturated carbocycles. The molecule has 0 N–H and O–H groups in total. The van der Waals surface area contributed by atoms with Gasteiger partial charge in [0.05, 0.1) is 12.2 Å². The van der Waals surface area contributed by atoms with Gasteiger partial charge in [0.1, 0.15) is 0 Å². The molecule has 1 unspecified atom stereocenters. The first-order chi connectivity index (χ1) is 7.76. The van der Waals surface area contributed by atoms with Gasteiger partial charge in [0, 0.05) is 5.33 Å². The van der Waals surface area contributed by atoms with Gasteiger partial charge >= 0.3 is 0 Å². The highest BCUT2D eigenvalue weighted by atomic mass is 79.9. The third-order valence-corrected chi connectivity index (χ3v) is 5.64. The van der Waals surface area contributed by atoms with Crippen molar-refractivity contribution in [3.63, 3.8) is 0 Å². The fourth-order valence-electron chi connectivity index (χ4n) is 2.97. The van der Waals surface area contributed by atoms with Crippen molar-refractivity contribution < 1.29 is 4.74 Å². The summed E-state index contributed by atoms with van der Waals surface area (Å²) < 4.78 is 6.29. The first-order valence-corrected chi connectivity index (χ1v) is 8.08. The van der Waals surface area contributed by atoms with Crippen LogP contribution < -0.4 is 0 Å². The number of ether oxygens (including phenoxy) is 1. The van der Waals surface area contributed by atoms with Crippen LogP contribution in [0.15, 0.2) is 0 Å². The Morgan fingerprint density at radius 2 is 1.88 bits per heavy atom. The van der Waals surface area contributed by atoms with Gasteiger partial charge in [-0.3, -0.25) is 0 Å². The van der Waals surface area contributed by atoms with E-state index in [2.05, 4.69) is 22.9 Å². The molecular formula is C14H25BrO. The molecule has 0 amide bonds. The molecule has 0 aromatic heterocycles. The van der Waals surface area contributed by atoms with Crippen molar-refractivity contribution in [2.45, 2.75) is 63.9 Å². The van der Waals surface area contributed by atoms with Crippen LogP contribution in [0.25, 0.3) is 0 Å². The molecule has 2 heteroatoms. The molecule has 0 heterocycles. The highest BCUT2D eigenvalue weighted by Gasteiger charge is 2.33. The lowest BCUT2D eigenvalue weighted by molar-refractivity contribution is -0.0749. The van der Waals surface area contributed by atoms with Crippen LogP contribution in [0.3, 0.4) is 0 Å². The van der Waals surface area contributed by atoms with E-state index >= 15 is 0 Å². The minimum absolute atomic E-state index is 0.177. The summed E-state index contributed by atoms with van der Waals surface area (Å²) in [4.78, 5) is 0. The van der Waals surface area contributed by atoms with Gasteiger partial charge in [-0.2, -0.15) is 0 Å². The molecule has 1 atom stereocenters. The first kappa shape index (κ1) is 12.9.